The Balaban J connectivity index is 2.52. The van der Waals surface area contributed by atoms with Crippen molar-refractivity contribution in [1.29, 1.82) is 0 Å². The van der Waals surface area contributed by atoms with Crippen LogP contribution in [0.1, 0.15) is 36.5 Å². The summed E-state index contributed by atoms with van der Waals surface area (Å²) in [5.74, 6) is 0.251. The molecule has 0 saturated heterocycles. The number of nitrogens with zero attached hydrogens (tertiary/aromatic N) is 2. The van der Waals surface area contributed by atoms with E-state index < -0.39 is 5.97 Å². The number of aryl methyl sites for hydroxylation is 1. The highest BCUT2D eigenvalue weighted by Gasteiger charge is 2.17. The van der Waals surface area contributed by atoms with Crippen LogP contribution in [0.3, 0.4) is 0 Å². The molecule has 2 aromatic rings. The molecule has 1 aromatic carbocycles. The zero-order valence-electron chi connectivity index (χ0n) is 11.8. The van der Waals surface area contributed by atoms with Crippen LogP contribution in [0.5, 0.6) is 0 Å². The van der Waals surface area contributed by atoms with Crippen molar-refractivity contribution in [2.45, 2.75) is 33.2 Å². The summed E-state index contributed by atoms with van der Waals surface area (Å²) < 4.78 is 2.07. The Bertz CT molecular complexity index is 619. The lowest BCUT2D eigenvalue weighted by Gasteiger charge is -2.14. The molecule has 0 radical (unpaired) electrons. The number of aromatic nitrogens is 2. The van der Waals surface area contributed by atoms with Crippen molar-refractivity contribution in [1.82, 2.24) is 9.55 Å². The molecule has 0 aliphatic rings. The largest absolute Gasteiger partial charge is 0.478 e. The molecule has 1 heterocycles. The number of hydrogen-bond donors (Lipinski definition) is 2. The van der Waals surface area contributed by atoms with Gasteiger partial charge in [0.25, 0.3) is 0 Å². The third-order valence-corrected chi connectivity index (χ3v) is 3.52. The molecule has 1 unspecified atom stereocenters. The highest BCUT2D eigenvalue weighted by atomic mass is 16.4. The van der Waals surface area contributed by atoms with Crippen molar-refractivity contribution in [3.63, 3.8) is 0 Å². The van der Waals surface area contributed by atoms with Gasteiger partial charge in [0.2, 0.25) is 0 Å². The third kappa shape index (κ3) is 2.67. The third-order valence-electron chi connectivity index (χ3n) is 3.52. The summed E-state index contributed by atoms with van der Waals surface area (Å²) in [5.41, 5.74) is 1.64. The number of benzene rings is 1. The molecule has 5 nitrogen and oxygen atoms in total. The van der Waals surface area contributed by atoms with E-state index in [9.17, 15) is 9.90 Å². The zero-order chi connectivity index (χ0) is 14.7. The fraction of sp³-hybridized carbons (Fsp3) is 0.467. The number of carboxylic acids is 1. The summed E-state index contributed by atoms with van der Waals surface area (Å²) in [6, 6.07) is 5.23. The molecule has 0 saturated carbocycles. The fourth-order valence-electron chi connectivity index (χ4n) is 2.46. The Hall–Kier alpha value is -1.88. The molecule has 0 spiro atoms. The van der Waals surface area contributed by atoms with E-state index in [2.05, 4.69) is 16.5 Å². The summed E-state index contributed by atoms with van der Waals surface area (Å²) in [7, 11) is 0. The summed E-state index contributed by atoms with van der Waals surface area (Å²) in [6.07, 6.45) is 1.47. The first-order chi connectivity index (χ1) is 9.58. The molecule has 2 rings (SSSR count). The quantitative estimate of drug-likeness (QED) is 0.849. The second kappa shape index (κ2) is 6.05. The van der Waals surface area contributed by atoms with Gasteiger partial charge in [0.1, 0.15) is 11.3 Å². The van der Waals surface area contributed by atoms with Gasteiger partial charge in [-0.25, -0.2) is 9.78 Å². The smallest absolute Gasteiger partial charge is 0.337 e. The standard InChI is InChI=1S/C15H20N2O3/c1-3-13-16-14-11(15(19)20)5-4-6-12(14)17(13)9-10(2)7-8-18/h4-6,10,18H,3,7-9H2,1-2H3,(H,19,20). The maximum Gasteiger partial charge on any atom is 0.337 e. The fourth-order valence-corrected chi connectivity index (χ4v) is 2.46. The Morgan fingerprint density at radius 2 is 2.20 bits per heavy atom. The Morgan fingerprint density at radius 1 is 1.45 bits per heavy atom. The number of aliphatic hydroxyl groups is 1. The number of carbonyl (C=O) groups is 1. The molecular formula is C15H20N2O3. The highest BCUT2D eigenvalue weighted by Crippen LogP contribution is 2.22. The van der Waals surface area contributed by atoms with Crippen molar-refractivity contribution in [2.75, 3.05) is 6.61 Å². The van der Waals surface area contributed by atoms with E-state index in [-0.39, 0.29) is 12.2 Å². The SMILES string of the molecule is CCc1nc2c(C(=O)O)cccc2n1CC(C)CCO. The minimum Gasteiger partial charge on any atom is -0.478 e. The molecule has 108 valence electrons. The molecule has 0 aliphatic heterocycles. The molecular weight excluding hydrogens is 256 g/mol. The lowest BCUT2D eigenvalue weighted by molar-refractivity contribution is 0.0699. The van der Waals surface area contributed by atoms with Gasteiger partial charge in [-0.3, -0.25) is 0 Å². The van der Waals surface area contributed by atoms with Gasteiger partial charge in [-0.05, 0) is 24.5 Å². The van der Waals surface area contributed by atoms with E-state index >= 15 is 0 Å². The van der Waals surface area contributed by atoms with Crippen LogP contribution in [0, 0.1) is 5.92 Å². The van der Waals surface area contributed by atoms with Gasteiger partial charge < -0.3 is 14.8 Å². The zero-order valence-corrected chi connectivity index (χ0v) is 11.8. The van der Waals surface area contributed by atoms with E-state index in [1.165, 1.54) is 0 Å². The number of aliphatic hydroxyl groups excluding tert-OH is 1. The van der Waals surface area contributed by atoms with Crippen molar-refractivity contribution in [3.05, 3.63) is 29.6 Å². The first-order valence-corrected chi connectivity index (χ1v) is 6.90. The van der Waals surface area contributed by atoms with E-state index in [4.69, 9.17) is 5.11 Å². The van der Waals surface area contributed by atoms with E-state index in [1.807, 2.05) is 13.0 Å². The average Bonchev–Trinajstić information content (AvgIpc) is 2.76. The number of para-hydroxylation sites is 1. The van der Waals surface area contributed by atoms with Gasteiger partial charge >= 0.3 is 5.97 Å². The van der Waals surface area contributed by atoms with E-state index in [1.54, 1.807) is 12.1 Å². The Morgan fingerprint density at radius 3 is 2.80 bits per heavy atom. The lowest BCUT2D eigenvalue weighted by Crippen LogP contribution is -2.11. The lowest BCUT2D eigenvalue weighted by atomic mass is 10.1. The number of rotatable bonds is 6. The summed E-state index contributed by atoms with van der Waals surface area (Å²) in [5, 5.41) is 18.3. The van der Waals surface area contributed by atoms with Crippen molar-refractivity contribution >= 4 is 17.0 Å². The summed E-state index contributed by atoms with van der Waals surface area (Å²) >= 11 is 0. The topological polar surface area (TPSA) is 75.3 Å². The van der Waals surface area contributed by atoms with Gasteiger partial charge in [0.05, 0.1) is 11.1 Å². The molecule has 1 aromatic heterocycles. The van der Waals surface area contributed by atoms with Crippen LogP contribution >= 0.6 is 0 Å². The summed E-state index contributed by atoms with van der Waals surface area (Å²) in [4.78, 5) is 15.8. The predicted octanol–water partition coefficient (Wildman–Crippen LogP) is 2.32. The van der Waals surface area contributed by atoms with Crippen LogP contribution in [-0.4, -0.2) is 32.3 Å². The van der Waals surface area contributed by atoms with Crippen LogP contribution in [0.2, 0.25) is 0 Å². The van der Waals surface area contributed by atoms with Crippen molar-refractivity contribution < 1.29 is 15.0 Å². The van der Waals surface area contributed by atoms with Crippen molar-refractivity contribution in [2.24, 2.45) is 5.92 Å². The van der Waals surface area contributed by atoms with Gasteiger partial charge in [0.15, 0.2) is 0 Å². The Kier molecular flexibility index (Phi) is 4.39. The molecule has 0 fully saturated rings. The van der Waals surface area contributed by atoms with Crippen LogP contribution in [0.25, 0.3) is 11.0 Å². The number of fused-ring (bicyclic) bond motifs is 1. The van der Waals surface area contributed by atoms with Gasteiger partial charge in [0, 0.05) is 19.6 Å². The second-order valence-corrected chi connectivity index (χ2v) is 5.09. The molecule has 20 heavy (non-hydrogen) atoms. The van der Waals surface area contributed by atoms with Gasteiger partial charge in [-0.2, -0.15) is 0 Å². The minimum atomic E-state index is -0.952. The number of carboxylic acid groups (broad SMARTS) is 1. The first kappa shape index (κ1) is 14.5. The minimum absolute atomic E-state index is 0.162. The van der Waals surface area contributed by atoms with Crippen LogP contribution in [0.15, 0.2) is 18.2 Å². The van der Waals surface area contributed by atoms with E-state index in [0.717, 1.165) is 30.7 Å². The van der Waals surface area contributed by atoms with Crippen LogP contribution < -0.4 is 0 Å². The normalized spacial score (nSPS) is 12.8. The average molecular weight is 276 g/mol. The number of hydrogen-bond acceptors (Lipinski definition) is 3. The van der Waals surface area contributed by atoms with Gasteiger partial charge in [-0.15, -0.1) is 0 Å². The summed E-state index contributed by atoms with van der Waals surface area (Å²) in [6.45, 7) is 4.98. The van der Waals surface area contributed by atoms with Crippen molar-refractivity contribution in [3.8, 4) is 0 Å². The monoisotopic (exact) mass is 276 g/mol. The molecule has 0 bridgehead atoms. The van der Waals surface area contributed by atoms with E-state index in [0.29, 0.717) is 11.4 Å². The maximum absolute atomic E-state index is 11.3. The van der Waals surface area contributed by atoms with Crippen LogP contribution in [-0.2, 0) is 13.0 Å². The highest BCUT2D eigenvalue weighted by molar-refractivity contribution is 6.01. The number of imidazole rings is 1. The number of aromatic carboxylic acids is 1. The predicted molar refractivity (Wildman–Crippen MR) is 76.9 cm³/mol. The second-order valence-electron chi connectivity index (χ2n) is 5.09. The molecule has 0 amide bonds. The molecule has 2 N–H and O–H groups in total. The maximum atomic E-state index is 11.3. The first-order valence-electron chi connectivity index (χ1n) is 6.90. The molecule has 0 aliphatic carbocycles. The van der Waals surface area contributed by atoms with Crippen LogP contribution in [0.4, 0.5) is 0 Å². The van der Waals surface area contributed by atoms with Gasteiger partial charge in [-0.1, -0.05) is 19.9 Å². The molecule has 1 atom stereocenters. The Labute approximate surface area is 117 Å². The molecule has 5 heteroatoms.